The number of hydrogen-bond acceptors (Lipinski definition) is 2. The molecule has 0 aromatic heterocycles. The van der Waals surface area contributed by atoms with Crippen molar-refractivity contribution in [3.05, 3.63) is 63.1 Å². The first-order valence-electron chi connectivity index (χ1n) is 6.18. The number of nitrogens with two attached hydrogens (primary N) is 1. The first kappa shape index (κ1) is 13.6. The number of carbonyl (C=O) groups excluding carboxylic acids is 1. The topological polar surface area (TPSA) is 46.3 Å². The first-order valence-corrected chi connectivity index (χ1v) is 7.35. The molecule has 0 saturated carbocycles. The average molecular weight is 352 g/mol. The van der Waals surface area contributed by atoms with Gasteiger partial charge in [0.1, 0.15) is 6.04 Å². The molecule has 0 spiro atoms. The van der Waals surface area contributed by atoms with Gasteiger partial charge in [-0.15, -0.1) is 0 Å². The van der Waals surface area contributed by atoms with E-state index in [0.717, 1.165) is 21.3 Å². The lowest BCUT2D eigenvalue weighted by Gasteiger charge is -2.17. The van der Waals surface area contributed by atoms with E-state index in [4.69, 9.17) is 17.3 Å². The summed E-state index contributed by atoms with van der Waals surface area (Å²) in [4.78, 5) is 14.1. The third-order valence-corrected chi connectivity index (χ3v) is 4.36. The number of nitrogens with zero attached hydrogens (tertiary/aromatic N) is 1. The Morgan fingerprint density at radius 2 is 1.90 bits per heavy atom. The normalized spacial score (nSPS) is 17.4. The molecule has 0 fully saturated rings. The van der Waals surface area contributed by atoms with Crippen LogP contribution in [0.5, 0.6) is 0 Å². The molecule has 1 amide bonds. The maximum atomic E-state index is 12.3. The summed E-state index contributed by atoms with van der Waals surface area (Å²) in [5.74, 6) is -0.0816. The van der Waals surface area contributed by atoms with Gasteiger partial charge in [-0.05, 0) is 29.8 Å². The Labute approximate surface area is 130 Å². The quantitative estimate of drug-likeness (QED) is 0.897. The van der Waals surface area contributed by atoms with E-state index in [1.54, 1.807) is 4.90 Å². The van der Waals surface area contributed by atoms with Gasteiger partial charge in [-0.1, -0.05) is 45.7 Å². The van der Waals surface area contributed by atoms with Crippen LogP contribution < -0.4 is 10.6 Å². The van der Waals surface area contributed by atoms with Crippen molar-refractivity contribution < 1.29 is 4.79 Å². The molecule has 2 aromatic carbocycles. The molecule has 5 heteroatoms. The van der Waals surface area contributed by atoms with Gasteiger partial charge in [0.25, 0.3) is 0 Å². The van der Waals surface area contributed by atoms with Crippen molar-refractivity contribution in [3.8, 4) is 0 Å². The fraction of sp³-hybridized carbons (Fsp3) is 0.133. The van der Waals surface area contributed by atoms with Crippen LogP contribution in [0.3, 0.4) is 0 Å². The summed E-state index contributed by atoms with van der Waals surface area (Å²) in [7, 11) is 0. The largest absolute Gasteiger partial charge is 0.316 e. The summed E-state index contributed by atoms with van der Waals surface area (Å²) in [6.07, 6.45) is 0. The van der Waals surface area contributed by atoms with Crippen molar-refractivity contribution in [2.45, 2.75) is 12.6 Å². The Balaban J connectivity index is 1.97. The zero-order valence-electron chi connectivity index (χ0n) is 10.5. The number of amides is 1. The van der Waals surface area contributed by atoms with Crippen LogP contribution in [0, 0.1) is 0 Å². The van der Waals surface area contributed by atoms with Crippen molar-refractivity contribution in [2.75, 3.05) is 4.90 Å². The fourth-order valence-electron chi connectivity index (χ4n) is 2.41. The van der Waals surface area contributed by atoms with Gasteiger partial charge in [-0.25, -0.2) is 0 Å². The third kappa shape index (κ3) is 2.24. The summed E-state index contributed by atoms with van der Waals surface area (Å²) >= 11 is 9.34. The van der Waals surface area contributed by atoms with Crippen LogP contribution in [0.4, 0.5) is 5.69 Å². The zero-order valence-corrected chi connectivity index (χ0v) is 12.9. The van der Waals surface area contributed by atoms with Gasteiger partial charge in [0, 0.05) is 15.1 Å². The molecule has 102 valence electrons. The minimum atomic E-state index is -0.604. The van der Waals surface area contributed by atoms with Crippen LogP contribution >= 0.6 is 27.5 Å². The Morgan fingerprint density at radius 1 is 1.20 bits per heavy atom. The molecule has 0 radical (unpaired) electrons. The van der Waals surface area contributed by atoms with Crippen molar-refractivity contribution in [3.63, 3.8) is 0 Å². The Hall–Kier alpha value is -1.36. The van der Waals surface area contributed by atoms with Gasteiger partial charge in [0.15, 0.2) is 0 Å². The smallest absolute Gasteiger partial charge is 0.248 e. The zero-order chi connectivity index (χ0) is 14.3. The lowest BCUT2D eigenvalue weighted by Crippen LogP contribution is -2.31. The van der Waals surface area contributed by atoms with Crippen LogP contribution in [0.25, 0.3) is 0 Å². The van der Waals surface area contributed by atoms with Gasteiger partial charge in [-0.2, -0.15) is 0 Å². The lowest BCUT2D eigenvalue weighted by atomic mass is 10.1. The molecule has 0 bridgehead atoms. The third-order valence-electron chi connectivity index (χ3n) is 3.42. The van der Waals surface area contributed by atoms with Crippen LogP contribution in [-0.4, -0.2) is 5.91 Å². The molecule has 1 aliphatic heterocycles. The van der Waals surface area contributed by atoms with E-state index in [9.17, 15) is 4.79 Å². The summed E-state index contributed by atoms with van der Waals surface area (Å²) in [6, 6.07) is 12.6. The Kier molecular flexibility index (Phi) is 3.54. The van der Waals surface area contributed by atoms with Gasteiger partial charge < -0.3 is 10.6 Å². The molecule has 2 N–H and O–H groups in total. The molecule has 3 nitrogen and oxygen atoms in total. The molecular weight excluding hydrogens is 340 g/mol. The molecule has 1 aliphatic rings. The lowest BCUT2D eigenvalue weighted by molar-refractivity contribution is -0.119. The molecule has 2 aromatic rings. The molecular formula is C15H12BrClN2O. The fourth-order valence-corrected chi connectivity index (χ4v) is 3.14. The number of hydrogen-bond donors (Lipinski definition) is 1. The molecule has 3 rings (SSSR count). The maximum Gasteiger partial charge on any atom is 0.248 e. The second kappa shape index (κ2) is 5.20. The summed E-state index contributed by atoms with van der Waals surface area (Å²) in [5, 5.41) is 0.682. The summed E-state index contributed by atoms with van der Waals surface area (Å²) in [5.41, 5.74) is 8.75. The number of rotatable bonds is 2. The molecule has 1 heterocycles. The average Bonchev–Trinajstić information content (AvgIpc) is 2.67. The Bertz CT molecular complexity index is 672. The Morgan fingerprint density at radius 3 is 2.60 bits per heavy atom. The predicted molar refractivity (Wildman–Crippen MR) is 83.7 cm³/mol. The van der Waals surface area contributed by atoms with Gasteiger partial charge >= 0.3 is 0 Å². The minimum Gasteiger partial charge on any atom is -0.316 e. The number of benzene rings is 2. The highest BCUT2D eigenvalue weighted by molar-refractivity contribution is 9.10. The van der Waals surface area contributed by atoms with E-state index in [1.807, 2.05) is 42.5 Å². The summed E-state index contributed by atoms with van der Waals surface area (Å²) < 4.78 is 0.870. The first-order chi connectivity index (χ1) is 9.58. The van der Waals surface area contributed by atoms with Crippen molar-refractivity contribution in [1.82, 2.24) is 0 Å². The second-order valence-corrected chi connectivity index (χ2v) is 5.99. The highest BCUT2D eigenvalue weighted by Crippen LogP contribution is 2.39. The van der Waals surface area contributed by atoms with Crippen molar-refractivity contribution >= 4 is 39.1 Å². The standard InChI is InChI=1S/C15H12BrClN2O/c16-11-2-1-3-12-13(11)14(18)15(20)19(12)8-9-4-6-10(17)7-5-9/h1-7,14H,8,18H2. The van der Waals surface area contributed by atoms with Gasteiger partial charge in [0.2, 0.25) is 5.91 Å². The second-order valence-electron chi connectivity index (χ2n) is 4.70. The highest BCUT2D eigenvalue weighted by atomic mass is 79.9. The van der Waals surface area contributed by atoms with Crippen LogP contribution in [0.2, 0.25) is 5.02 Å². The molecule has 20 heavy (non-hydrogen) atoms. The van der Waals surface area contributed by atoms with Crippen LogP contribution in [0.1, 0.15) is 17.2 Å². The van der Waals surface area contributed by atoms with E-state index in [-0.39, 0.29) is 5.91 Å². The van der Waals surface area contributed by atoms with Crippen LogP contribution in [-0.2, 0) is 11.3 Å². The predicted octanol–water partition coefficient (Wildman–Crippen LogP) is 3.65. The van der Waals surface area contributed by atoms with Crippen molar-refractivity contribution in [2.24, 2.45) is 5.73 Å². The van der Waals surface area contributed by atoms with E-state index < -0.39 is 6.04 Å². The molecule has 1 unspecified atom stereocenters. The van der Waals surface area contributed by atoms with E-state index in [2.05, 4.69) is 15.9 Å². The van der Waals surface area contributed by atoms with E-state index >= 15 is 0 Å². The molecule has 0 saturated heterocycles. The van der Waals surface area contributed by atoms with E-state index in [0.29, 0.717) is 11.6 Å². The minimum absolute atomic E-state index is 0.0816. The SMILES string of the molecule is NC1C(=O)N(Cc2ccc(Cl)cc2)c2cccc(Br)c21. The van der Waals surface area contributed by atoms with Gasteiger partial charge in [0.05, 0.1) is 12.2 Å². The maximum absolute atomic E-state index is 12.3. The number of fused-ring (bicyclic) bond motifs is 1. The number of anilines is 1. The molecule has 0 aliphatic carbocycles. The highest BCUT2D eigenvalue weighted by Gasteiger charge is 2.36. The monoisotopic (exact) mass is 350 g/mol. The number of carbonyl (C=O) groups is 1. The molecule has 1 atom stereocenters. The summed E-state index contributed by atoms with van der Waals surface area (Å²) in [6.45, 7) is 0.493. The van der Waals surface area contributed by atoms with Gasteiger partial charge in [-0.3, -0.25) is 4.79 Å². The number of halogens is 2. The van der Waals surface area contributed by atoms with Crippen molar-refractivity contribution in [1.29, 1.82) is 0 Å². The van der Waals surface area contributed by atoms with E-state index in [1.165, 1.54) is 0 Å². The van der Waals surface area contributed by atoms with Crippen LogP contribution in [0.15, 0.2) is 46.9 Å².